The summed E-state index contributed by atoms with van der Waals surface area (Å²) in [6.45, 7) is 6.86. The van der Waals surface area contributed by atoms with Gasteiger partial charge in [-0.25, -0.2) is 0 Å². The lowest BCUT2D eigenvalue weighted by Crippen LogP contribution is -2.36. The van der Waals surface area contributed by atoms with E-state index in [9.17, 15) is 0 Å². The highest BCUT2D eigenvalue weighted by Gasteiger charge is 2.24. The first-order valence-electron chi connectivity index (χ1n) is 7.35. The molecule has 0 aliphatic carbocycles. The fourth-order valence-corrected chi connectivity index (χ4v) is 2.79. The summed E-state index contributed by atoms with van der Waals surface area (Å²) in [6.07, 6.45) is 2.67. The Morgan fingerprint density at radius 2 is 1.90 bits per heavy atom. The third-order valence-electron chi connectivity index (χ3n) is 3.53. The van der Waals surface area contributed by atoms with Crippen molar-refractivity contribution in [3.63, 3.8) is 0 Å². The third kappa shape index (κ3) is 3.79. The Kier molecular flexibility index (Phi) is 5.12. The predicted molar refractivity (Wildman–Crippen MR) is 80.8 cm³/mol. The van der Waals surface area contributed by atoms with Crippen LogP contribution >= 0.6 is 0 Å². The number of nitrogens with one attached hydrogen (secondary N) is 1. The summed E-state index contributed by atoms with van der Waals surface area (Å²) in [5.74, 6) is 1.55. The maximum absolute atomic E-state index is 5.77. The van der Waals surface area contributed by atoms with Crippen LogP contribution < -0.4 is 14.8 Å². The SMILES string of the molecule is CCOc1cc(NC2CC(C)OC(C)C2)ccc1OC. The van der Waals surface area contributed by atoms with E-state index < -0.39 is 0 Å². The van der Waals surface area contributed by atoms with Crippen LogP contribution in [0.1, 0.15) is 33.6 Å². The van der Waals surface area contributed by atoms with Gasteiger partial charge in [-0.05, 0) is 45.7 Å². The number of anilines is 1. The maximum Gasteiger partial charge on any atom is 0.163 e. The van der Waals surface area contributed by atoms with E-state index in [4.69, 9.17) is 14.2 Å². The monoisotopic (exact) mass is 279 g/mol. The van der Waals surface area contributed by atoms with Crippen LogP contribution in [-0.4, -0.2) is 32.0 Å². The van der Waals surface area contributed by atoms with Crippen molar-refractivity contribution in [1.29, 1.82) is 0 Å². The molecule has 1 aromatic rings. The molecule has 1 fully saturated rings. The molecule has 1 saturated heterocycles. The van der Waals surface area contributed by atoms with E-state index in [2.05, 4.69) is 19.2 Å². The highest BCUT2D eigenvalue weighted by atomic mass is 16.5. The summed E-state index contributed by atoms with van der Waals surface area (Å²) < 4.78 is 16.7. The second-order valence-electron chi connectivity index (χ2n) is 5.37. The Morgan fingerprint density at radius 1 is 1.20 bits per heavy atom. The Hall–Kier alpha value is -1.42. The minimum absolute atomic E-state index is 0.306. The highest BCUT2D eigenvalue weighted by Crippen LogP contribution is 2.31. The van der Waals surface area contributed by atoms with E-state index in [1.54, 1.807) is 7.11 Å². The van der Waals surface area contributed by atoms with Gasteiger partial charge in [0.1, 0.15) is 0 Å². The maximum atomic E-state index is 5.77. The van der Waals surface area contributed by atoms with Crippen LogP contribution in [-0.2, 0) is 4.74 Å². The average molecular weight is 279 g/mol. The van der Waals surface area contributed by atoms with Crippen molar-refractivity contribution < 1.29 is 14.2 Å². The molecule has 0 bridgehead atoms. The highest BCUT2D eigenvalue weighted by molar-refractivity contribution is 5.55. The molecule has 0 radical (unpaired) electrons. The summed E-state index contributed by atoms with van der Waals surface area (Å²) in [7, 11) is 1.66. The minimum atomic E-state index is 0.306. The molecule has 2 unspecified atom stereocenters. The smallest absolute Gasteiger partial charge is 0.163 e. The van der Waals surface area contributed by atoms with Gasteiger partial charge in [0, 0.05) is 17.8 Å². The Bertz CT molecular complexity index is 426. The van der Waals surface area contributed by atoms with E-state index in [1.807, 2.05) is 25.1 Å². The summed E-state index contributed by atoms with van der Waals surface area (Å²) in [4.78, 5) is 0. The molecule has 0 amide bonds. The fraction of sp³-hybridized carbons (Fsp3) is 0.625. The first-order valence-corrected chi connectivity index (χ1v) is 7.35. The molecule has 2 atom stereocenters. The Balaban J connectivity index is 2.07. The largest absolute Gasteiger partial charge is 0.493 e. The zero-order valence-electron chi connectivity index (χ0n) is 12.8. The summed E-state index contributed by atoms with van der Waals surface area (Å²) >= 11 is 0. The molecule has 0 aromatic heterocycles. The first kappa shape index (κ1) is 15.0. The lowest BCUT2D eigenvalue weighted by molar-refractivity contribution is -0.0337. The van der Waals surface area contributed by atoms with Crippen LogP contribution in [0.5, 0.6) is 11.5 Å². The Labute approximate surface area is 121 Å². The number of benzene rings is 1. The van der Waals surface area contributed by atoms with Gasteiger partial charge in [0.15, 0.2) is 11.5 Å². The van der Waals surface area contributed by atoms with Gasteiger partial charge in [0.05, 0.1) is 25.9 Å². The summed E-state index contributed by atoms with van der Waals surface area (Å²) in [5.41, 5.74) is 1.07. The lowest BCUT2D eigenvalue weighted by atomic mass is 9.99. The van der Waals surface area contributed by atoms with Crippen molar-refractivity contribution >= 4 is 5.69 Å². The predicted octanol–water partition coefficient (Wildman–Crippen LogP) is 3.46. The summed E-state index contributed by atoms with van der Waals surface area (Å²) in [5, 5.41) is 3.58. The van der Waals surface area contributed by atoms with Gasteiger partial charge in [-0.1, -0.05) is 0 Å². The molecule has 2 rings (SSSR count). The number of methoxy groups -OCH3 is 1. The minimum Gasteiger partial charge on any atom is -0.493 e. The van der Waals surface area contributed by atoms with Crippen LogP contribution in [0, 0.1) is 0 Å². The van der Waals surface area contributed by atoms with Crippen LogP contribution in [0.2, 0.25) is 0 Å². The van der Waals surface area contributed by atoms with Crippen molar-refractivity contribution in [2.24, 2.45) is 0 Å². The van der Waals surface area contributed by atoms with Gasteiger partial charge in [-0.3, -0.25) is 0 Å². The number of rotatable bonds is 5. The molecule has 1 N–H and O–H groups in total. The first-order chi connectivity index (χ1) is 9.62. The molecule has 4 nitrogen and oxygen atoms in total. The average Bonchev–Trinajstić information content (AvgIpc) is 2.38. The molecular formula is C16H25NO3. The molecular weight excluding hydrogens is 254 g/mol. The van der Waals surface area contributed by atoms with Crippen molar-refractivity contribution in [2.45, 2.75) is 51.9 Å². The van der Waals surface area contributed by atoms with Gasteiger partial charge >= 0.3 is 0 Å². The molecule has 20 heavy (non-hydrogen) atoms. The van der Waals surface area contributed by atoms with Gasteiger partial charge < -0.3 is 19.5 Å². The van der Waals surface area contributed by atoms with Crippen molar-refractivity contribution in [3.8, 4) is 11.5 Å². The molecule has 0 spiro atoms. The van der Waals surface area contributed by atoms with E-state index >= 15 is 0 Å². The fourth-order valence-electron chi connectivity index (χ4n) is 2.79. The molecule has 1 aromatic carbocycles. The van der Waals surface area contributed by atoms with E-state index in [0.29, 0.717) is 24.9 Å². The standard InChI is InChI=1S/C16H25NO3/c1-5-19-16-10-13(6-7-15(16)18-4)17-14-8-11(2)20-12(3)9-14/h6-7,10-12,14,17H,5,8-9H2,1-4H3. The lowest BCUT2D eigenvalue weighted by Gasteiger charge is -2.33. The van der Waals surface area contributed by atoms with Gasteiger partial charge in [0.25, 0.3) is 0 Å². The normalized spacial score (nSPS) is 26.1. The zero-order valence-corrected chi connectivity index (χ0v) is 12.8. The van der Waals surface area contributed by atoms with Crippen LogP contribution in [0.3, 0.4) is 0 Å². The van der Waals surface area contributed by atoms with Crippen molar-refractivity contribution in [1.82, 2.24) is 0 Å². The molecule has 4 heteroatoms. The molecule has 1 aliphatic heterocycles. The van der Waals surface area contributed by atoms with Crippen molar-refractivity contribution in [3.05, 3.63) is 18.2 Å². The second-order valence-corrected chi connectivity index (χ2v) is 5.37. The van der Waals surface area contributed by atoms with Crippen LogP contribution in [0.15, 0.2) is 18.2 Å². The van der Waals surface area contributed by atoms with E-state index in [0.717, 1.165) is 30.0 Å². The topological polar surface area (TPSA) is 39.7 Å². The van der Waals surface area contributed by atoms with E-state index in [1.165, 1.54) is 0 Å². The van der Waals surface area contributed by atoms with Gasteiger partial charge in [-0.2, -0.15) is 0 Å². The second kappa shape index (κ2) is 6.84. The number of hydrogen-bond donors (Lipinski definition) is 1. The third-order valence-corrected chi connectivity index (χ3v) is 3.53. The molecule has 1 heterocycles. The van der Waals surface area contributed by atoms with Crippen molar-refractivity contribution in [2.75, 3.05) is 19.0 Å². The number of hydrogen-bond acceptors (Lipinski definition) is 4. The molecule has 1 aliphatic rings. The molecule has 0 saturated carbocycles. The van der Waals surface area contributed by atoms with Crippen LogP contribution in [0.4, 0.5) is 5.69 Å². The van der Waals surface area contributed by atoms with Gasteiger partial charge in [-0.15, -0.1) is 0 Å². The molecule has 112 valence electrons. The Morgan fingerprint density at radius 3 is 2.50 bits per heavy atom. The number of ether oxygens (including phenoxy) is 3. The zero-order chi connectivity index (χ0) is 14.5. The van der Waals surface area contributed by atoms with E-state index in [-0.39, 0.29) is 0 Å². The summed E-state index contributed by atoms with van der Waals surface area (Å²) in [6, 6.07) is 6.43. The quantitative estimate of drug-likeness (QED) is 0.896. The van der Waals surface area contributed by atoms with Crippen LogP contribution in [0.25, 0.3) is 0 Å². The van der Waals surface area contributed by atoms with Gasteiger partial charge in [0.2, 0.25) is 0 Å².